The summed E-state index contributed by atoms with van der Waals surface area (Å²) in [5.74, 6) is -2.76. The molecule has 132 heavy (non-hydrogen) atoms. The molecule has 0 bridgehead atoms. The number of carbonyl (C=O) groups is 9. The van der Waals surface area contributed by atoms with Crippen LogP contribution in [-0.2, 0) is 113 Å². The van der Waals surface area contributed by atoms with Gasteiger partial charge in [-0.1, -0.05) is 19.3 Å². The maximum Gasteiger partial charge on any atom is 0.267 e. The third-order valence-corrected chi connectivity index (χ3v) is 27.9. The molecule has 0 spiro atoms. The lowest BCUT2D eigenvalue weighted by Crippen LogP contribution is -2.64. The maximum atomic E-state index is 14.1. The van der Waals surface area contributed by atoms with E-state index in [0.29, 0.717) is 116 Å². The van der Waals surface area contributed by atoms with E-state index >= 15 is 0 Å². The first kappa shape index (κ1) is 116. The minimum absolute atomic E-state index is 0.00922. The molecule has 0 saturated carbocycles. The molecule has 6 aliphatic heterocycles. The van der Waals surface area contributed by atoms with Crippen molar-refractivity contribution in [2.75, 3.05) is 158 Å². The van der Waals surface area contributed by atoms with Crippen LogP contribution in [0.3, 0.4) is 0 Å². The van der Waals surface area contributed by atoms with Gasteiger partial charge >= 0.3 is 0 Å². The molecule has 6 heterocycles. The van der Waals surface area contributed by atoms with Gasteiger partial charge in [0.15, 0.2) is 18.9 Å². The summed E-state index contributed by atoms with van der Waals surface area (Å²) in [5.41, 5.74) is -3.66. The lowest BCUT2D eigenvalue weighted by molar-refractivity contribution is -0.270. The third kappa shape index (κ3) is 40.8. The van der Waals surface area contributed by atoms with Gasteiger partial charge in [-0.25, -0.2) is 0 Å². The van der Waals surface area contributed by atoms with Gasteiger partial charge in [0.05, 0.1) is 66.1 Å². The zero-order valence-corrected chi connectivity index (χ0v) is 79.3. The fraction of sp³-hybridized carbons (Fsp3) is 0.892. The van der Waals surface area contributed by atoms with Gasteiger partial charge in [-0.2, -0.15) is 0 Å². The van der Waals surface area contributed by atoms with E-state index in [1.807, 2.05) is 0 Å². The van der Waals surface area contributed by atoms with E-state index in [1.165, 1.54) is 20.8 Å². The van der Waals surface area contributed by atoms with Crippen LogP contribution in [-0.4, -0.2) is 368 Å². The second kappa shape index (κ2) is 59.4. The molecule has 18 atom stereocenters. The molecule has 6 saturated heterocycles. The van der Waals surface area contributed by atoms with E-state index < -0.39 is 208 Å². The number of nitrogens with zero attached hydrogens (tertiary/aromatic N) is 3. The lowest BCUT2D eigenvalue weighted by atomic mass is 9.77. The van der Waals surface area contributed by atoms with Crippen LogP contribution in [0.1, 0.15) is 207 Å². The Balaban J connectivity index is 0.978. The number of unbranched alkanes of at least 4 members (excludes halogenated alkanes) is 9. The van der Waals surface area contributed by atoms with Crippen molar-refractivity contribution in [1.29, 1.82) is 0 Å². The van der Waals surface area contributed by atoms with Crippen LogP contribution < -0.4 is 46.6 Å². The molecule has 0 aromatic rings. The monoisotopic (exact) mass is 1950 g/mol. The fourth-order valence-electron chi connectivity index (χ4n) is 16.3. The SMILES string of the molecule is CCOCCOP(=O)([O-])OCC1(COP(=O)([O-])OCC2(CCP(=O)([O-])OCC3(CO)CCN(C(=O)CCCCCNC(=O)CCCCO[C@@H]4O[C@H](CO)[C@H](O)[C@H](O)[C@H]4NC(C)=O)CC3)CCN(C(=O)CCCCCNC(=O)CCCCO[C@@H]3O[C@H](CO)[C@H](O)[C@H](O)[C@H]3NC(C)=O)CC2)CCN(C(=O)CCCCCNC(=O)CCCCO[C@@H]2O[C@H](CO)[C@H](O)[C@H](O)[C@H]2NC(C)=O)CC1. The van der Waals surface area contributed by atoms with Gasteiger partial charge in [0.1, 0.15) is 80.7 Å². The predicted octanol–water partition coefficient (Wildman–Crippen LogP) is -2.77. The lowest BCUT2D eigenvalue weighted by Gasteiger charge is -2.45. The molecule has 6 aliphatic rings. The van der Waals surface area contributed by atoms with Gasteiger partial charge in [0.2, 0.25) is 53.2 Å². The minimum atomic E-state index is -5.40. The quantitative estimate of drug-likeness (QED) is 0.0216. The van der Waals surface area contributed by atoms with E-state index in [9.17, 15) is 123 Å². The van der Waals surface area contributed by atoms with Crippen LogP contribution in [0.5, 0.6) is 0 Å². The van der Waals surface area contributed by atoms with Crippen LogP contribution in [0.25, 0.3) is 0 Å². The summed E-state index contributed by atoms with van der Waals surface area (Å²) in [4.78, 5) is 160. The molecule has 6 fully saturated rings. The van der Waals surface area contributed by atoms with Crippen molar-refractivity contribution in [3.8, 4) is 0 Å². The van der Waals surface area contributed by atoms with Gasteiger partial charge in [0, 0.05) is 162 Å². The number of phosphoric ester groups is 2. The number of aliphatic hydroxyl groups is 10. The topological polar surface area (TPSA) is 669 Å². The molecular formula is C83H147N9O37P3-3. The minimum Gasteiger partial charge on any atom is -0.778 e. The van der Waals surface area contributed by atoms with Crippen molar-refractivity contribution in [1.82, 2.24) is 46.6 Å². The van der Waals surface area contributed by atoms with Crippen molar-refractivity contribution in [3.63, 3.8) is 0 Å². The summed E-state index contributed by atoms with van der Waals surface area (Å²) < 4.78 is 108. The van der Waals surface area contributed by atoms with Crippen LogP contribution >= 0.6 is 23.2 Å². The number of nitrogens with one attached hydrogen (secondary N) is 6. The predicted molar refractivity (Wildman–Crippen MR) is 460 cm³/mol. The number of rotatable bonds is 63. The highest BCUT2D eigenvalue weighted by atomic mass is 31.2. The van der Waals surface area contributed by atoms with Crippen LogP contribution in [0.15, 0.2) is 0 Å². The number of hydrogen-bond donors (Lipinski definition) is 16. The molecule has 16 N–H and O–H groups in total. The average molecular weight is 1960 g/mol. The fourth-order valence-corrected chi connectivity index (χ4v) is 19.4. The summed E-state index contributed by atoms with van der Waals surface area (Å²) in [6.45, 7) is 2.36. The Morgan fingerprint density at radius 2 is 0.682 bits per heavy atom. The van der Waals surface area contributed by atoms with Gasteiger partial charge in [-0.15, -0.1) is 0 Å². The van der Waals surface area contributed by atoms with Crippen molar-refractivity contribution in [3.05, 3.63) is 0 Å². The molecule has 46 nitrogen and oxygen atoms in total. The zero-order valence-electron chi connectivity index (χ0n) is 76.6. The molecule has 0 aromatic carbocycles. The largest absolute Gasteiger partial charge is 0.778 e. The Kier molecular flexibility index (Phi) is 52.0. The number of likely N-dealkylation sites (tertiary alicyclic amines) is 3. The first-order chi connectivity index (χ1) is 62.8. The number of ether oxygens (including phenoxy) is 7. The van der Waals surface area contributed by atoms with E-state index in [1.54, 1.807) is 21.6 Å². The first-order valence-electron chi connectivity index (χ1n) is 46.3. The number of amides is 9. The van der Waals surface area contributed by atoms with Crippen molar-refractivity contribution < 1.29 is 178 Å². The van der Waals surface area contributed by atoms with Crippen molar-refractivity contribution >= 4 is 76.4 Å². The molecule has 6 rings (SSSR count). The molecular weight excluding hydrogens is 1810 g/mol. The van der Waals surface area contributed by atoms with Crippen molar-refractivity contribution in [2.45, 2.75) is 299 Å². The van der Waals surface area contributed by atoms with E-state index in [2.05, 4.69) is 31.9 Å². The molecule has 0 aliphatic carbocycles. The van der Waals surface area contributed by atoms with Gasteiger partial charge in [-0.05, 0) is 134 Å². The molecule has 0 radical (unpaired) electrons. The number of carbonyl (C=O) groups excluding carboxylic acids is 9. The Morgan fingerprint density at radius 1 is 0.379 bits per heavy atom. The van der Waals surface area contributed by atoms with E-state index in [-0.39, 0.29) is 198 Å². The highest BCUT2D eigenvalue weighted by Crippen LogP contribution is 2.51. The summed E-state index contributed by atoms with van der Waals surface area (Å²) >= 11 is 0. The summed E-state index contributed by atoms with van der Waals surface area (Å²) in [5, 5.41) is 118. The number of aliphatic hydroxyl groups excluding tert-OH is 10. The molecule has 3 unspecified atom stereocenters. The van der Waals surface area contributed by atoms with Crippen LogP contribution in [0, 0.1) is 16.2 Å². The van der Waals surface area contributed by atoms with Crippen molar-refractivity contribution in [2.24, 2.45) is 16.2 Å². The van der Waals surface area contributed by atoms with Crippen LogP contribution in [0.2, 0.25) is 0 Å². The highest BCUT2D eigenvalue weighted by molar-refractivity contribution is 7.51. The average Bonchev–Trinajstić information content (AvgIpc) is 0.809. The smallest absolute Gasteiger partial charge is 0.267 e. The number of hydrogen-bond acceptors (Lipinski definition) is 37. The Bertz CT molecular complexity index is 3630. The molecule has 0 aromatic heterocycles. The van der Waals surface area contributed by atoms with E-state index in [4.69, 9.17) is 55.8 Å². The number of piperidine rings is 3. The maximum absolute atomic E-state index is 14.1. The standard InChI is InChI=1S/C83H150N9O37P3/c1-5-118-46-47-122-131(114,115)125-55-83(31-41-92(42-32-83)68(105)26-11-8-17-36-86-65(102)23-14-20-45-121-80-71(89-59(4)99)77(111)74(108)62(51-95)129-80)56-126-132(116,117)124-53-81(27-37-90(38-28-81)66(103)24-9-6-15-34-84-63(100)21-12-18-43-119-78-69(87-57(2)97)75(109)72(106)60(49-93)127-78)33-48-130(112,113)123-54-82(52-96)29-39-91(40-30-82)67(104)25-10-7-16-35-85-64(101)22-13-19-44-120-79-70(88-58(3)98)76(110)73(107)61(50-94)128-79/h60-62,69-80,93-96,106-111H,5-56H2,1-4H3,(H,84,100)(H,85,101)(H,86,102)(H,87,97)(H,88,98)(H,89,99)(H,112,113)(H,114,115)(H,116,117)/p-3/t60-,61-,62-,69-,70-,71-,72+,73+,74+,75-,76-,77-,78-,79-,80-/m1/s1. The normalized spacial score (nSPS) is 26.8. The highest BCUT2D eigenvalue weighted by Gasteiger charge is 2.50. The third-order valence-electron chi connectivity index (χ3n) is 24.8. The molecule has 49 heteroatoms. The summed E-state index contributed by atoms with van der Waals surface area (Å²) in [7, 11) is -15.3. The van der Waals surface area contributed by atoms with Gasteiger partial charge < -0.3 is 173 Å². The van der Waals surface area contributed by atoms with E-state index in [0.717, 1.165) is 0 Å². The van der Waals surface area contributed by atoms with Gasteiger partial charge in [-0.3, -0.25) is 52.3 Å². The Morgan fingerprint density at radius 3 is 1.00 bits per heavy atom. The van der Waals surface area contributed by atoms with Gasteiger partial charge in [0.25, 0.3) is 15.6 Å². The Labute approximate surface area is 771 Å². The molecule has 764 valence electrons. The summed E-state index contributed by atoms with van der Waals surface area (Å²) in [6.07, 6.45) is -7.91. The first-order valence-corrected chi connectivity index (χ1v) is 50.9. The second-order valence-corrected chi connectivity index (χ2v) is 39.9. The number of phosphoric acid groups is 2. The second-order valence-electron chi connectivity index (χ2n) is 35.2. The van der Waals surface area contributed by atoms with Crippen LogP contribution in [0.4, 0.5) is 0 Å². The summed E-state index contributed by atoms with van der Waals surface area (Å²) in [6, 6.07) is -3.30. The Hall–Kier alpha value is -5.08. The molecule has 9 amide bonds. The zero-order chi connectivity index (χ0) is 97.1.